The van der Waals surface area contributed by atoms with E-state index in [0.29, 0.717) is 18.5 Å². The van der Waals surface area contributed by atoms with Crippen LogP contribution < -0.4 is 0 Å². The summed E-state index contributed by atoms with van der Waals surface area (Å²) in [6, 6.07) is 7.11. The second-order valence-corrected chi connectivity index (χ2v) is 3.14. The van der Waals surface area contributed by atoms with Crippen molar-refractivity contribution in [3.8, 4) is 11.8 Å². The van der Waals surface area contributed by atoms with Gasteiger partial charge in [-0.05, 0) is 24.6 Å². The van der Waals surface area contributed by atoms with Crippen LogP contribution in [0.5, 0.6) is 0 Å². The van der Waals surface area contributed by atoms with Crippen molar-refractivity contribution >= 4 is 5.78 Å². The Hall–Kier alpha value is -2.24. The molecule has 0 amide bonds. The molecule has 0 N–H and O–H groups in total. The van der Waals surface area contributed by atoms with Gasteiger partial charge in [-0.15, -0.1) is 0 Å². The quantitative estimate of drug-likeness (QED) is 0.190. The van der Waals surface area contributed by atoms with Crippen LogP contribution in [0, 0.1) is 11.8 Å². The largest absolute Gasteiger partial charge is 0.295 e. The van der Waals surface area contributed by atoms with Crippen LogP contribution in [0.4, 0.5) is 0 Å². The third kappa shape index (κ3) is 3.87. The lowest BCUT2D eigenvalue weighted by atomic mass is 10.1. The van der Waals surface area contributed by atoms with Crippen molar-refractivity contribution in [3.63, 3.8) is 0 Å². The molecular formula is C12H11N3O. The van der Waals surface area contributed by atoms with Crippen molar-refractivity contribution in [2.24, 2.45) is 5.11 Å². The summed E-state index contributed by atoms with van der Waals surface area (Å²) in [5.74, 6) is 5.85. The van der Waals surface area contributed by atoms with E-state index in [1.807, 2.05) is 0 Å². The second kappa shape index (κ2) is 6.28. The second-order valence-electron chi connectivity index (χ2n) is 3.14. The number of hydrogen-bond acceptors (Lipinski definition) is 2. The third-order valence-corrected chi connectivity index (χ3v) is 1.92. The number of azide groups is 1. The van der Waals surface area contributed by atoms with Crippen LogP contribution in [-0.2, 0) is 0 Å². The molecule has 0 aliphatic heterocycles. The summed E-state index contributed by atoms with van der Waals surface area (Å²) in [4.78, 5) is 13.6. The first kappa shape index (κ1) is 11.8. The van der Waals surface area contributed by atoms with Gasteiger partial charge in [0.25, 0.3) is 0 Å². The molecule has 0 saturated heterocycles. The molecule has 1 aromatic carbocycles. The van der Waals surface area contributed by atoms with Crippen LogP contribution in [0.15, 0.2) is 29.4 Å². The molecule has 0 unspecified atom stereocenters. The Kier molecular flexibility index (Phi) is 4.65. The minimum absolute atomic E-state index is 0.0443. The molecular weight excluding hydrogens is 202 g/mol. The molecule has 1 aromatic rings. The number of nitrogens with zero attached hydrogens (tertiary/aromatic N) is 3. The van der Waals surface area contributed by atoms with E-state index in [1.165, 1.54) is 6.92 Å². The van der Waals surface area contributed by atoms with Gasteiger partial charge in [0.05, 0.1) is 0 Å². The summed E-state index contributed by atoms with van der Waals surface area (Å²) >= 11 is 0. The fourth-order valence-corrected chi connectivity index (χ4v) is 1.10. The van der Waals surface area contributed by atoms with Gasteiger partial charge in [-0.2, -0.15) is 0 Å². The molecule has 0 heterocycles. The monoisotopic (exact) mass is 213 g/mol. The summed E-state index contributed by atoms with van der Waals surface area (Å²) in [6.45, 7) is 1.91. The van der Waals surface area contributed by atoms with E-state index in [4.69, 9.17) is 5.53 Å². The van der Waals surface area contributed by atoms with Crippen LogP contribution in [0.3, 0.4) is 0 Å². The Bertz CT molecular complexity index is 473. The molecule has 0 bridgehead atoms. The number of ketones is 1. The Balaban J connectivity index is 2.61. The normalized spacial score (nSPS) is 8.56. The fraction of sp³-hybridized carbons (Fsp3) is 0.250. The summed E-state index contributed by atoms with van der Waals surface area (Å²) in [6.07, 6.45) is 0.540. The maximum Gasteiger partial charge on any atom is 0.159 e. The van der Waals surface area contributed by atoms with Crippen molar-refractivity contribution in [2.75, 3.05) is 6.54 Å². The van der Waals surface area contributed by atoms with Crippen molar-refractivity contribution in [3.05, 3.63) is 45.8 Å². The van der Waals surface area contributed by atoms with Gasteiger partial charge in [-0.1, -0.05) is 29.1 Å². The molecule has 0 aliphatic carbocycles. The number of hydrogen-bond donors (Lipinski definition) is 0. The molecule has 4 heteroatoms. The lowest BCUT2D eigenvalue weighted by molar-refractivity contribution is 0.101. The first-order valence-electron chi connectivity index (χ1n) is 4.85. The predicted molar refractivity (Wildman–Crippen MR) is 62.0 cm³/mol. The van der Waals surface area contributed by atoms with E-state index in [0.717, 1.165) is 5.56 Å². The third-order valence-electron chi connectivity index (χ3n) is 1.92. The number of benzene rings is 1. The molecule has 0 aliphatic rings. The first-order valence-corrected chi connectivity index (χ1v) is 4.85. The van der Waals surface area contributed by atoms with E-state index < -0.39 is 0 Å². The standard InChI is InChI=1S/C12H11N3O/c1-10(16)12-7-5-11(6-8-12)4-2-3-9-14-15-13/h5-8H,3,9H2,1H3. The number of carbonyl (C=O) groups is 1. The highest BCUT2D eigenvalue weighted by Gasteiger charge is 1.96. The SMILES string of the molecule is CC(=O)c1ccc(C#CCCN=[N+]=[N-])cc1. The van der Waals surface area contributed by atoms with Crippen molar-refractivity contribution in [1.29, 1.82) is 0 Å². The molecule has 4 nitrogen and oxygen atoms in total. The molecule has 0 fully saturated rings. The molecule has 0 atom stereocenters. The number of carbonyl (C=O) groups excluding carboxylic acids is 1. The molecule has 0 spiro atoms. The van der Waals surface area contributed by atoms with E-state index >= 15 is 0 Å². The lowest BCUT2D eigenvalue weighted by Crippen LogP contribution is -1.90. The van der Waals surface area contributed by atoms with Crippen molar-refractivity contribution < 1.29 is 4.79 Å². The van der Waals surface area contributed by atoms with Crippen LogP contribution in [0.1, 0.15) is 29.3 Å². The highest BCUT2D eigenvalue weighted by Crippen LogP contribution is 2.03. The minimum Gasteiger partial charge on any atom is -0.295 e. The van der Waals surface area contributed by atoms with Gasteiger partial charge < -0.3 is 0 Å². The number of Topliss-reactive ketones (excluding diaryl/α,β-unsaturated/α-hetero) is 1. The molecule has 1 rings (SSSR count). The molecule has 0 saturated carbocycles. The highest BCUT2D eigenvalue weighted by molar-refractivity contribution is 5.94. The van der Waals surface area contributed by atoms with Gasteiger partial charge >= 0.3 is 0 Å². The van der Waals surface area contributed by atoms with Gasteiger partial charge in [-0.25, -0.2) is 0 Å². The van der Waals surface area contributed by atoms with Crippen molar-refractivity contribution in [1.82, 2.24) is 0 Å². The Morgan fingerprint density at radius 3 is 2.69 bits per heavy atom. The van der Waals surface area contributed by atoms with E-state index in [9.17, 15) is 4.79 Å². The van der Waals surface area contributed by atoms with Gasteiger partial charge in [-0.3, -0.25) is 4.79 Å². The lowest BCUT2D eigenvalue weighted by Gasteiger charge is -1.94. The van der Waals surface area contributed by atoms with Crippen LogP contribution in [0.25, 0.3) is 10.4 Å². The van der Waals surface area contributed by atoms with Gasteiger partial charge in [0.1, 0.15) is 0 Å². The average Bonchev–Trinajstić information content (AvgIpc) is 2.29. The first-order chi connectivity index (χ1) is 7.74. The summed E-state index contributed by atoms with van der Waals surface area (Å²) in [5, 5.41) is 3.37. The topological polar surface area (TPSA) is 65.8 Å². The Morgan fingerprint density at radius 2 is 2.12 bits per heavy atom. The van der Waals surface area contributed by atoms with E-state index in [1.54, 1.807) is 24.3 Å². The summed E-state index contributed by atoms with van der Waals surface area (Å²) < 4.78 is 0. The smallest absolute Gasteiger partial charge is 0.159 e. The van der Waals surface area contributed by atoms with Gasteiger partial charge in [0.15, 0.2) is 5.78 Å². The van der Waals surface area contributed by atoms with Gasteiger partial charge in [0.2, 0.25) is 0 Å². The predicted octanol–water partition coefficient (Wildman–Crippen LogP) is 2.94. The van der Waals surface area contributed by atoms with Crippen LogP contribution in [0.2, 0.25) is 0 Å². The molecule has 0 radical (unpaired) electrons. The van der Waals surface area contributed by atoms with Crippen LogP contribution in [-0.4, -0.2) is 12.3 Å². The van der Waals surface area contributed by atoms with E-state index in [2.05, 4.69) is 21.9 Å². The Morgan fingerprint density at radius 1 is 1.44 bits per heavy atom. The zero-order valence-corrected chi connectivity index (χ0v) is 8.97. The summed E-state index contributed by atoms with van der Waals surface area (Å²) in [7, 11) is 0. The molecule has 16 heavy (non-hydrogen) atoms. The zero-order valence-electron chi connectivity index (χ0n) is 8.97. The van der Waals surface area contributed by atoms with E-state index in [-0.39, 0.29) is 5.78 Å². The average molecular weight is 213 g/mol. The molecule has 0 aromatic heterocycles. The van der Waals surface area contributed by atoms with Gasteiger partial charge in [0, 0.05) is 29.0 Å². The fourth-order valence-electron chi connectivity index (χ4n) is 1.10. The highest BCUT2D eigenvalue weighted by atomic mass is 16.1. The maximum atomic E-state index is 11.0. The maximum absolute atomic E-state index is 11.0. The molecule has 80 valence electrons. The Labute approximate surface area is 93.9 Å². The minimum atomic E-state index is 0.0443. The number of rotatable bonds is 3. The van der Waals surface area contributed by atoms with Crippen LogP contribution >= 0.6 is 0 Å². The zero-order chi connectivity index (χ0) is 11.8. The van der Waals surface area contributed by atoms with Crippen molar-refractivity contribution in [2.45, 2.75) is 13.3 Å². The summed E-state index contributed by atoms with van der Waals surface area (Å²) in [5.41, 5.74) is 9.58.